The second-order valence-electron chi connectivity index (χ2n) is 19.7. The Balaban J connectivity index is 3.44. The molecule has 398 valence electrons. The third-order valence-corrected chi connectivity index (χ3v) is 13.0. The van der Waals surface area contributed by atoms with Gasteiger partial charge in [-0.1, -0.05) is 292 Å². The first-order chi connectivity index (χ1) is 34.1. The molecule has 5 nitrogen and oxygen atoms in total. The third-order valence-electron chi connectivity index (χ3n) is 13.0. The van der Waals surface area contributed by atoms with Crippen molar-refractivity contribution in [3.05, 3.63) is 85.1 Å². The number of hydrogen-bond acceptors (Lipinski definition) is 5. The molecule has 1 N–H and O–H groups in total. The van der Waals surface area contributed by atoms with Gasteiger partial charge in [-0.05, 0) is 70.6 Å². The van der Waals surface area contributed by atoms with Crippen LogP contribution >= 0.6 is 0 Å². The zero-order valence-corrected chi connectivity index (χ0v) is 45.6. The summed E-state index contributed by atoms with van der Waals surface area (Å²) in [6.07, 6.45) is 82.9. The van der Waals surface area contributed by atoms with Gasteiger partial charge in [0.25, 0.3) is 0 Å². The van der Waals surface area contributed by atoms with Gasteiger partial charge in [-0.3, -0.25) is 9.59 Å². The number of carbonyl (C=O) groups is 2. The first-order valence-corrected chi connectivity index (χ1v) is 29.6. The van der Waals surface area contributed by atoms with Gasteiger partial charge in [0, 0.05) is 12.8 Å². The first kappa shape index (κ1) is 66.1. The molecule has 1 atom stereocenters. The van der Waals surface area contributed by atoms with Crippen molar-refractivity contribution in [1.82, 2.24) is 0 Å². The standard InChI is InChI=1S/C64H112O5/c1-3-5-7-9-11-13-15-17-19-20-21-22-23-24-25-26-27-28-29-30-31-32-33-34-35-36-37-38-39-40-41-42-43-44-45-47-49-51-53-55-57-59-64(67)69-62(60-65)61-68-63(66)58-56-54-52-50-48-46-18-16-14-12-10-8-6-4-2/h5,7,11,13,17,19,21-22,24-25,27-28,30-31,62,65H,3-4,6,8-10,12,14-16,18,20,23,26,29,32-61H2,1-2H3/b7-5-,13-11-,19-17-,22-21-,25-24-,28-27-,31-30-. The third kappa shape index (κ3) is 57.5. The van der Waals surface area contributed by atoms with Crippen LogP contribution in [0.25, 0.3) is 0 Å². The topological polar surface area (TPSA) is 72.8 Å². The summed E-state index contributed by atoms with van der Waals surface area (Å²) in [7, 11) is 0. The Bertz CT molecular complexity index is 1270. The molecule has 0 aliphatic rings. The summed E-state index contributed by atoms with van der Waals surface area (Å²) in [5.74, 6) is -0.578. The number of ether oxygens (including phenoxy) is 2. The van der Waals surface area contributed by atoms with E-state index in [4.69, 9.17) is 9.47 Å². The molecule has 0 bridgehead atoms. The Morgan fingerprint density at radius 2 is 0.623 bits per heavy atom. The van der Waals surface area contributed by atoms with Crippen molar-refractivity contribution < 1.29 is 24.2 Å². The molecule has 69 heavy (non-hydrogen) atoms. The molecule has 0 aliphatic carbocycles. The maximum Gasteiger partial charge on any atom is 0.306 e. The Labute approximate surface area is 428 Å². The maximum absolute atomic E-state index is 12.3. The summed E-state index contributed by atoms with van der Waals surface area (Å²) in [4.78, 5) is 24.5. The molecule has 0 radical (unpaired) electrons. The van der Waals surface area contributed by atoms with Crippen LogP contribution in [0.5, 0.6) is 0 Å². The number of aliphatic hydroxyl groups excluding tert-OH is 1. The molecule has 0 aromatic heterocycles. The zero-order chi connectivity index (χ0) is 49.9. The highest BCUT2D eigenvalue weighted by Gasteiger charge is 2.16. The maximum atomic E-state index is 12.3. The Hall–Kier alpha value is -2.92. The van der Waals surface area contributed by atoms with Crippen molar-refractivity contribution >= 4 is 11.9 Å². The van der Waals surface area contributed by atoms with Gasteiger partial charge in [0.15, 0.2) is 6.10 Å². The van der Waals surface area contributed by atoms with Crippen LogP contribution in [0.15, 0.2) is 85.1 Å². The summed E-state index contributed by atoms with van der Waals surface area (Å²) < 4.78 is 10.7. The van der Waals surface area contributed by atoms with E-state index in [1.807, 2.05) is 0 Å². The summed E-state index contributed by atoms with van der Waals surface area (Å²) >= 11 is 0. The Morgan fingerprint density at radius 1 is 0.348 bits per heavy atom. The van der Waals surface area contributed by atoms with Crippen LogP contribution in [0.2, 0.25) is 0 Å². The molecule has 0 fully saturated rings. The number of hydrogen-bond donors (Lipinski definition) is 1. The predicted octanol–water partition coefficient (Wildman–Crippen LogP) is 20.1. The first-order valence-electron chi connectivity index (χ1n) is 29.6. The molecule has 1 unspecified atom stereocenters. The fourth-order valence-electron chi connectivity index (χ4n) is 8.54. The van der Waals surface area contributed by atoms with Gasteiger partial charge in [-0.15, -0.1) is 0 Å². The molecule has 0 amide bonds. The van der Waals surface area contributed by atoms with Crippen LogP contribution in [0.3, 0.4) is 0 Å². The van der Waals surface area contributed by atoms with E-state index in [1.54, 1.807) is 0 Å². The number of esters is 2. The van der Waals surface area contributed by atoms with Crippen molar-refractivity contribution in [2.24, 2.45) is 0 Å². The molecule has 0 aromatic rings. The van der Waals surface area contributed by atoms with Crippen LogP contribution in [-0.2, 0) is 19.1 Å². The van der Waals surface area contributed by atoms with Gasteiger partial charge in [-0.25, -0.2) is 0 Å². The van der Waals surface area contributed by atoms with E-state index in [-0.39, 0.29) is 25.2 Å². The molecule has 0 aromatic carbocycles. The van der Waals surface area contributed by atoms with Crippen LogP contribution in [0.4, 0.5) is 0 Å². The zero-order valence-electron chi connectivity index (χ0n) is 45.6. The van der Waals surface area contributed by atoms with Crippen LogP contribution in [-0.4, -0.2) is 36.4 Å². The van der Waals surface area contributed by atoms with E-state index < -0.39 is 6.10 Å². The molecule has 0 heterocycles. The minimum atomic E-state index is -0.770. The predicted molar refractivity (Wildman–Crippen MR) is 302 cm³/mol. The second kappa shape index (κ2) is 59.4. The lowest BCUT2D eigenvalue weighted by atomic mass is 10.0. The van der Waals surface area contributed by atoms with Crippen LogP contribution in [0.1, 0.15) is 290 Å². The van der Waals surface area contributed by atoms with E-state index in [9.17, 15) is 14.7 Å². The lowest BCUT2D eigenvalue weighted by molar-refractivity contribution is -0.161. The monoisotopic (exact) mass is 961 g/mol. The highest BCUT2D eigenvalue weighted by Crippen LogP contribution is 2.17. The van der Waals surface area contributed by atoms with Gasteiger partial charge >= 0.3 is 11.9 Å². The summed E-state index contributed by atoms with van der Waals surface area (Å²) in [5.41, 5.74) is 0. The number of rotatable bonds is 54. The average molecular weight is 962 g/mol. The van der Waals surface area contributed by atoms with Crippen molar-refractivity contribution in [1.29, 1.82) is 0 Å². The molecular formula is C64H112O5. The van der Waals surface area contributed by atoms with Crippen LogP contribution in [0, 0.1) is 0 Å². The molecule has 0 aliphatic heterocycles. The smallest absolute Gasteiger partial charge is 0.306 e. The molecule has 0 saturated heterocycles. The largest absolute Gasteiger partial charge is 0.462 e. The van der Waals surface area contributed by atoms with Gasteiger partial charge < -0.3 is 14.6 Å². The minimum absolute atomic E-state index is 0.0622. The average Bonchev–Trinajstić information content (AvgIpc) is 3.35. The quantitative estimate of drug-likeness (QED) is 0.0374. The van der Waals surface area contributed by atoms with Gasteiger partial charge in [-0.2, -0.15) is 0 Å². The fraction of sp³-hybridized carbons (Fsp3) is 0.750. The van der Waals surface area contributed by atoms with Crippen molar-refractivity contribution in [3.63, 3.8) is 0 Å². The number of aliphatic hydroxyl groups is 1. The van der Waals surface area contributed by atoms with E-state index >= 15 is 0 Å². The summed E-state index contributed by atoms with van der Waals surface area (Å²) in [5, 5.41) is 9.63. The molecule has 0 rings (SSSR count). The lowest BCUT2D eigenvalue weighted by Gasteiger charge is -2.15. The molecule has 0 saturated carbocycles. The van der Waals surface area contributed by atoms with Crippen molar-refractivity contribution in [3.8, 4) is 0 Å². The lowest BCUT2D eigenvalue weighted by Crippen LogP contribution is -2.28. The SMILES string of the molecule is CC/C=C\C/C=C\C/C=C\C/C=C\C/C=C\C/C=C\C/C=C\CCCCCCCCCCCCCCCCCCCCCC(=O)OC(CO)COC(=O)CCCCCCCCCCCCCCCC. The minimum Gasteiger partial charge on any atom is -0.462 e. The normalized spacial score (nSPS) is 12.8. The second-order valence-corrected chi connectivity index (χ2v) is 19.7. The summed E-state index contributed by atoms with van der Waals surface area (Å²) in [6.45, 7) is 4.05. The van der Waals surface area contributed by atoms with E-state index in [0.29, 0.717) is 12.8 Å². The highest BCUT2D eigenvalue weighted by molar-refractivity contribution is 5.70. The van der Waals surface area contributed by atoms with Crippen molar-refractivity contribution in [2.45, 2.75) is 296 Å². The van der Waals surface area contributed by atoms with Crippen molar-refractivity contribution in [2.75, 3.05) is 13.2 Å². The molecule has 5 heteroatoms. The Morgan fingerprint density at radius 3 is 0.942 bits per heavy atom. The van der Waals surface area contributed by atoms with E-state index in [2.05, 4.69) is 98.9 Å². The van der Waals surface area contributed by atoms with Crippen LogP contribution < -0.4 is 0 Å². The number of allylic oxidation sites excluding steroid dienone is 14. The van der Waals surface area contributed by atoms with E-state index in [1.165, 1.54) is 180 Å². The van der Waals surface area contributed by atoms with Gasteiger partial charge in [0.2, 0.25) is 0 Å². The molecule has 0 spiro atoms. The number of carbonyl (C=O) groups excluding carboxylic acids is 2. The van der Waals surface area contributed by atoms with Gasteiger partial charge in [0.1, 0.15) is 6.61 Å². The Kier molecular flexibility index (Phi) is 56.9. The fourth-order valence-corrected chi connectivity index (χ4v) is 8.54. The molecular weight excluding hydrogens is 849 g/mol. The van der Waals surface area contributed by atoms with Gasteiger partial charge in [0.05, 0.1) is 6.61 Å². The van der Waals surface area contributed by atoms with E-state index in [0.717, 1.165) is 83.5 Å². The number of unbranched alkanes of at least 4 members (excludes halogenated alkanes) is 32. The summed E-state index contributed by atoms with van der Waals surface area (Å²) in [6, 6.07) is 0. The highest BCUT2D eigenvalue weighted by atomic mass is 16.6.